The van der Waals surface area contributed by atoms with Gasteiger partial charge in [-0.2, -0.15) is 0 Å². The third-order valence-electron chi connectivity index (χ3n) is 2.97. The molecule has 0 spiro atoms. The number of aryl methyl sites for hydroxylation is 1. The van der Waals surface area contributed by atoms with Gasteiger partial charge < -0.3 is 15.0 Å². The molecule has 1 amide bonds. The Kier molecular flexibility index (Phi) is 3.96. The lowest BCUT2D eigenvalue weighted by molar-refractivity contribution is -0.121. The molecule has 2 N–H and O–H groups in total. The van der Waals surface area contributed by atoms with E-state index in [1.165, 1.54) is 11.3 Å². The van der Waals surface area contributed by atoms with Gasteiger partial charge in [0.2, 0.25) is 5.91 Å². The molecule has 0 unspecified atom stereocenters. The molecule has 0 radical (unpaired) electrons. The van der Waals surface area contributed by atoms with E-state index in [-0.39, 0.29) is 18.1 Å². The van der Waals surface area contributed by atoms with Crippen molar-refractivity contribution in [2.45, 2.75) is 38.8 Å². The Bertz CT molecular complexity index is 466. The van der Waals surface area contributed by atoms with Gasteiger partial charge in [-0.3, -0.25) is 4.79 Å². The minimum atomic E-state index is 0.0423. The number of carbonyl (C=O) groups is 1. The molecule has 1 aliphatic heterocycles. The molecular formula is C11H16N2O2S2. The van der Waals surface area contributed by atoms with Crippen LogP contribution in [0.25, 0.3) is 0 Å². The molecule has 0 aliphatic carbocycles. The average molecular weight is 272 g/mol. The first kappa shape index (κ1) is 12.7. The summed E-state index contributed by atoms with van der Waals surface area (Å²) < 4.78 is 6.13. The first-order valence-electron chi connectivity index (χ1n) is 5.66. The number of aromatic amines is 1. The van der Waals surface area contributed by atoms with Crippen LogP contribution < -0.4 is 5.32 Å². The number of amides is 1. The van der Waals surface area contributed by atoms with Gasteiger partial charge in [-0.05, 0) is 32.5 Å². The molecule has 94 valence electrons. The first-order chi connectivity index (χ1) is 8.06. The topological polar surface area (TPSA) is 54.1 Å². The van der Waals surface area contributed by atoms with Crippen LogP contribution in [0.3, 0.4) is 0 Å². The maximum absolute atomic E-state index is 11.9. The summed E-state index contributed by atoms with van der Waals surface area (Å²) in [5.41, 5.74) is 0.992. The number of thiazole rings is 1. The standard InChI is InChI=1S/C11H16N2O2S2/c1-6-9(17-11(16)12-6)5-10(14)13-8-3-4-15-7(8)2/h7-8H,3-5H2,1-2H3,(H,12,16)(H,13,14)/t7-,8-/m0/s1. The van der Waals surface area contributed by atoms with E-state index in [0.717, 1.165) is 27.6 Å². The van der Waals surface area contributed by atoms with Crippen LogP contribution in [0.1, 0.15) is 23.9 Å². The monoisotopic (exact) mass is 272 g/mol. The number of aromatic nitrogens is 1. The molecule has 0 aromatic carbocycles. The summed E-state index contributed by atoms with van der Waals surface area (Å²) in [6, 6.07) is 0.148. The summed E-state index contributed by atoms with van der Waals surface area (Å²) in [5.74, 6) is 0.0423. The quantitative estimate of drug-likeness (QED) is 0.827. The zero-order valence-corrected chi connectivity index (χ0v) is 11.5. The predicted molar refractivity (Wildman–Crippen MR) is 69.9 cm³/mol. The van der Waals surface area contributed by atoms with Crippen molar-refractivity contribution in [2.75, 3.05) is 6.61 Å². The normalized spacial score (nSPS) is 23.9. The summed E-state index contributed by atoms with van der Waals surface area (Å²) in [4.78, 5) is 15.9. The lowest BCUT2D eigenvalue weighted by Gasteiger charge is -2.15. The number of nitrogens with one attached hydrogen (secondary N) is 2. The molecule has 6 heteroatoms. The van der Waals surface area contributed by atoms with E-state index in [1.54, 1.807) is 0 Å². The van der Waals surface area contributed by atoms with Crippen molar-refractivity contribution in [1.29, 1.82) is 0 Å². The number of H-pyrrole nitrogens is 1. The molecule has 4 nitrogen and oxygen atoms in total. The average Bonchev–Trinajstić information content (AvgIpc) is 2.75. The van der Waals surface area contributed by atoms with Crippen LogP contribution in [0.15, 0.2) is 0 Å². The lowest BCUT2D eigenvalue weighted by atomic mass is 10.1. The number of hydrogen-bond acceptors (Lipinski definition) is 4. The molecule has 2 rings (SSSR count). The first-order valence-corrected chi connectivity index (χ1v) is 6.88. The van der Waals surface area contributed by atoms with Gasteiger partial charge in [-0.25, -0.2) is 0 Å². The number of carbonyl (C=O) groups excluding carboxylic acids is 1. The van der Waals surface area contributed by atoms with Crippen LogP contribution >= 0.6 is 23.6 Å². The minimum Gasteiger partial charge on any atom is -0.376 e. The number of hydrogen-bond donors (Lipinski definition) is 2. The Labute approximate surface area is 109 Å². The van der Waals surface area contributed by atoms with Crippen LogP contribution in [0.4, 0.5) is 0 Å². The Hall–Kier alpha value is -0.720. The lowest BCUT2D eigenvalue weighted by Crippen LogP contribution is -2.39. The van der Waals surface area contributed by atoms with E-state index in [1.807, 2.05) is 13.8 Å². The predicted octanol–water partition coefficient (Wildman–Crippen LogP) is 1.95. The second kappa shape index (κ2) is 5.29. The van der Waals surface area contributed by atoms with Crippen LogP contribution in [0.5, 0.6) is 0 Å². The Balaban J connectivity index is 1.93. The Morgan fingerprint density at radius 3 is 3.00 bits per heavy atom. The van der Waals surface area contributed by atoms with Gasteiger partial charge in [0.1, 0.15) is 0 Å². The molecular weight excluding hydrogens is 256 g/mol. The highest BCUT2D eigenvalue weighted by atomic mass is 32.1. The fourth-order valence-electron chi connectivity index (χ4n) is 1.93. The molecule has 0 saturated carbocycles. The molecule has 17 heavy (non-hydrogen) atoms. The maximum atomic E-state index is 11.9. The van der Waals surface area contributed by atoms with E-state index < -0.39 is 0 Å². The molecule has 1 aliphatic rings. The summed E-state index contributed by atoms with van der Waals surface area (Å²) in [7, 11) is 0. The molecule has 1 aromatic rings. The third kappa shape index (κ3) is 3.14. The molecule has 1 fully saturated rings. The Morgan fingerprint density at radius 2 is 2.47 bits per heavy atom. The molecule has 2 atom stereocenters. The fourth-order valence-corrected chi connectivity index (χ4v) is 3.22. The van der Waals surface area contributed by atoms with Crippen LogP contribution in [0.2, 0.25) is 0 Å². The number of ether oxygens (including phenoxy) is 1. The summed E-state index contributed by atoms with van der Waals surface area (Å²) in [5, 5.41) is 3.01. The smallest absolute Gasteiger partial charge is 0.225 e. The van der Waals surface area contributed by atoms with E-state index in [2.05, 4.69) is 10.3 Å². The van der Waals surface area contributed by atoms with E-state index in [9.17, 15) is 4.79 Å². The van der Waals surface area contributed by atoms with Gasteiger partial charge in [-0.15, -0.1) is 11.3 Å². The van der Waals surface area contributed by atoms with Gasteiger partial charge >= 0.3 is 0 Å². The van der Waals surface area contributed by atoms with E-state index >= 15 is 0 Å². The van der Waals surface area contributed by atoms with Gasteiger partial charge in [-0.1, -0.05) is 0 Å². The zero-order chi connectivity index (χ0) is 12.4. The van der Waals surface area contributed by atoms with E-state index in [0.29, 0.717) is 6.42 Å². The summed E-state index contributed by atoms with van der Waals surface area (Å²) in [6.45, 7) is 4.66. The molecule has 1 saturated heterocycles. The highest BCUT2D eigenvalue weighted by Gasteiger charge is 2.25. The molecule has 0 bridgehead atoms. The van der Waals surface area contributed by atoms with Crippen molar-refractivity contribution in [2.24, 2.45) is 0 Å². The van der Waals surface area contributed by atoms with Gasteiger partial charge in [0.25, 0.3) is 0 Å². The maximum Gasteiger partial charge on any atom is 0.225 e. The van der Waals surface area contributed by atoms with Crippen molar-refractivity contribution >= 4 is 29.5 Å². The van der Waals surface area contributed by atoms with Crippen molar-refractivity contribution < 1.29 is 9.53 Å². The second-order valence-corrected chi connectivity index (χ2v) is 6.05. The van der Waals surface area contributed by atoms with Crippen LogP contribution in [0, 0.1) is 10.9 Å². The highest BCUT2D eigenvalue weighted by Crippen LogP contribution is 2.16. The number of rotatable bonds is 3. The molecule has 2 heterocycles. The van der Waals surface area contributed by atoms with Crippen molar-refractivity contribution in [1.82, 2.24) is 10.3 Å². The second-order valence-electron chi connectivity index (χ2n) is 4.28. The SMILES string of the molecule is Cc1[nH]c(=S)sc1CC(=O)N[C@H]1CCO[C@H]1C. The van der Waals surface area contributed by atoms with Crippen LogP contribution in [-0.2, 0) is 16.0 Å². The molecule has 1 aromatic heterocycles. The van der Waals surface area contributed by atoms with Gasteiger partial charge in [0.15, 0.2) is 3.95 Å². The summed E-state index contributed by atoms with van der Waals surface area (Å²) in [6.07, 6.45) is 1.41. The fraction of sp³-hybridized carbons (Fsp3) is 0.636. The Morgan fingerprint density at radius 1 is 1.71 bits per heavy atom. The van der Waals surface area contributed by atoms with E-state index in [4.69, 9.17) is 17.0 Å². The van der Waals surface area contributed by atoms with Gasteiger partial charge in [0, 0.05) is 17.2 Å². The van der Waals surface area contributed by atoms with Crippen molar-refractivity contribution in [3.63, 3.8) is 0 Å². The van der Waals surface area contributed by atoms with Crippen molar-refractivity contribution in [3.8, 4) is 0 Å². The highest BCUT2D eigenvalue weighted by molar-refractivity contribution is 7.73. The third-order valence-corrected chi connectivity index (χ3v) is 4.30. The van der Waals surface area contributed by atoms with Gasteiger partial charge in [0.05, 0.1) is 18.6 Å². The zero-order valence-electron chi connectivity index (χ0n) is 9.91. The van der Waals surface area contributed by atoms with Crippen LogP contribution in [-0.4, -0.2) is 29.6 Å². The largest absolute Gasteiger partial charge is 0.376 e. The minimum absolute atomic E-state index is 0.0423. The van der Waals surface area contributed by atoms with Crippen molar-refractivity contribution in [3.05, 3.63) is 14.5 Å². The summed E-state index contributed by atoms with van der Waals surface area (Å²) >= 11 is 6.52.